The summed E-state index contributed by atoms with van der Waals surface area (Å²) in [6.45, 7) is 2.01. The molecule has 148 valence electrons. The van der Waals surface area contributed by atoms with Gasteiger partial charge in [-0.1, -0.05) is 29.8 Å². The number of nitrogens with one attached hydrogen (secondary N) is 2. The molecule has 0 unspecified atom stereocenters. The fourth-order valence-electron chi connectivity index (χ4n) is 3.28. The van der Waals surface area contributed by atoms with Gasteiger partial charge in [0.25, 0.3) is 5.91 Å². The normalized spacial score (nSPS) is 19.1. The Balaban J connectivity index is 1.56. The van der Waals surface area contributed by atoms with E-state index in [0.29, 0.717) is 5.56 Å². The van der Waals surface area contributed by atoms with Gasteiger partial charge in [-0.25, -0.2) is 0 Å². The van der Waals surface area contributed by atoms with Crippen LogP contribution in [0.15, 0.2) is 53.4 Å². The molecule has 0 radical (unpaired) electrons. The minimum Gasteiger partial charge on any atom is -0.349 e. The van der Waals surface area contributed by atoms with E-state index in [9.17, 15) is 9.59 Å². The van der Waals surface area contributed by atoms with Crippen LogP contribution in [0.25, 0.3) is 0 Å². The van der Waals surface area contributed by atoms with Crippen LogP contribution < -0.4 is 16.4 Å². The smallest absolute Gasteiger partial charge is 0.252 e. The molecule has 0 saturated heterocycles. The summed E-state index contributed by atoms with van der Waals surface area (Å²) < 4.78 is 0. The Morgan fingerprint density at radius 1 is 1.04 bits per heavy atom. The van der Waals surface area contributed by atoms with Crippen molar-refractivity contribution in [2.45, 2.75) is 49.6 Å². The molecule has 28 heavy (non-hydrogen) atoms. The lowest BCUT2D eigenvalue weighted by atomic mass is 9.91. The Morgan fingerprint density at radius 2 is 1.71 bits per heavy atom. The lowest BCUT2D eigenvalue weighted by molar-refractivity contribution is -0.113. The van der Waals surface area contributed by atoms with Crippen molar-refractivity contribution in [1.82, 2.24) is 5.32 Å². The van der Waals surface area contributed by atoms with E-state index in [2.05, 4.69) is 10.6 Å². The molecule has 1 aliphatic rings. The Morgan fingerprint density at radius 3 is 2.43 bits per heavy atom. The molecular weight excluding hydrogens is 370 g/mol. The standard InChI is InChI=1S/C22H27N3O2S/c1-15-6-10-17(11-7-15)24-21(26)14-28-20-5-3-2-4-19(20)22(27)25-18-12-8-16(23)9-13-18/h2-7,10-11,16,18H,8-9,12-14,23H2,1H3,(H,24,26)(H,25,27). The van der Waals surface area contributed by atoms with Crippen molar-refractivity contribution in [3.05, 3.63) is 59.7 Å². The van der Waals surface area contributed by atoms with Crippen LogP contribution in [-0.4, -0.2) is 29.7 Å². The van der Waals surface area contributed by atoms with Crippen LogP contribution in [0.3, 0.4) is 0 Å². The monoisotopic (exact) mass is 397 g/mol. The van der Waals surface area contributed by atoms with E-state index >= 15 is 0 Å². The van der Waals surface area contributed by atoms with Crippen molar-refractivity contribution < 1.29 is 9.59 Å². The first kappa shape index (κ1) is 20.4. The number of amides is 2. The molecule has 0 aliphatic heterocycles. The van der Waals surface area contributed by atoms with Crippen LogP contribution in [0.1, 0.15) is 41.6 Å². The Kier molecular flexibility index (Phi) is 7.12. The summed E-state index contributed by atoms with van der Waals surface area (Å²) in [4.78, 5) is 25.8. The maximum atomic E-state index is 12.7. The van der Waals surface area contributed by atoms with E-state index in [4.69, 9.17) is 5.73 Å². The average Bonchev–Trinajstić information content (AvgIpc) is 2.70. The van der Waals surface area contributed by atoms with E-state index in [-0.39, 0.29) is 29.7 Å². The summed E-state index contributed by atoms with van der Waals surface area (Å²) >= 11 is 1.38. The number of hydrogen-bond acceptors (Lipinski definition) is 4. The lowest BCUT2D eigenvalue weighted by Gasteiger charge is -2.27. The number of nitrogens with two attached hydrogens (primary N) is 1. The second-order valence-electron chi connectivity index (χ2n) is 7.28. The zero-order chi connectivity index (χ0) is 19.9. The van der Waals surface area contributed by atoms with Gasteiger partial charge in [-0.2, -0.15) is 0 Å². The van der Waals surface area contributed by atoms with Gasteiger partial charge in [-0.15, -0.1) is 11.8 Å². The number of benzene rings is 2. The Bertz CT molecular complexity index is 815. The molecule has 1 aliphatic carbocycles. The van der Waals surface area contributed by atoms with Crippen LogP contribution in [0.4, 0.5) is 5.69 Å². The lowest BCUT2D eigenvalue weighted by Crippen LogP contribution is -2.40. The largest absolute Gasteiger partial charge is 0.349 e. The average molecular weight is 398 g/mol. The fourth-order valence-corrected chi connectivity index (χ4v) is 4.13. The number of anilines is 1. The van der Waals surface area contributed by atoms with Crippen LogP contribution >= 0.6 is 11.8 Å². The van der Waals surface area contributed by atoms with Gasteiger partial charge in [0.05, 0.1) is 11.3 Å². The predicted octanol–water partition coefficient (Wildman–Crippen LogP) is 3.73. The highest BCUT2D eigenvalue weighted by atomic mass is 32.2. The number of hydrogen-bond donors (Lipinski definition) is 3. The molecule has 2 aromatic carbocycles. The van der Waals surface area contributed by atoms with Crippen molar-refractivity contribution >= 4 is 29.3 Å². The number of carbonyl (C=O) groups is 2. The molecular formula is C22H27N3O2S. The number of aryl methyl sites for hydroxylation is 1. The molecule has 2 aromatic rings. The van der Waals surface area contributed by atoms with Crippen LogP contribution in [0, 0.1) is 6.92 Å². The van der Waals surface area contributed by atoms with Crippen molar-refractivity contribution in [1.29, 1.82) is 0 Å². The van der Waals surface area contributed by atoms with E-state index in [1.807, 2.05) is 55.5 Å². The highest BCUT2D eigenvalue weighted by molar-refractivity contribution is 8.00. The first-order valence-electron chi connectivity index (χ1n) is 9.66. The quantitative estimate of drug-likeness (QED) is 0.649. The van der Waals surface area contributed by atoms with Gasteiger partial charge in [-0.3, -0.25) is 9.59 Å². The van der Waals surface area contributed by atoms with Crippen molar-refractivity contribution in [3.63, 3.8) is 0 Å². The van der Waals surface area contributed by atoms with Crippen molar-refractivity contribution in [2.24, 2.45) is 5.73 Å². The van der Waals surface area contributed by atoms with Crippen LogP contribution in [-0.2, 0) is 4.79 Å². The second kappa shape index (κ2) is 9.75. The van der Waals surface area contributed by atoms with Crippen LogP contribution in [0.5, 0.6) is 0 Å². The van der Waals surface area contributed by atoms with Crippen LogP contribution in [0.2, 0.25) is 0 Å². The van der Waals surface area contributed by atoms with E-state index in [1.165, 1.54) is 11.8 Å². The Labute approximate surface area is 170 Å². The fraction of sp³-hybridized carbons (Fsp3) is 0.364. The number of thioether (sulfide) groups is 1. The molecule has 0 atom stereocenters. The molecule has 0 spiro atoms. The molecule has 2 amide bonds. The van der Waals surface area contributed by atoms with Gasteiger partial charge < -0.3 is 16.4 Å². The highest BCUT2D eigenvalue weighted by Crippen LogP contribution is 2.24. The van der Waals surface area contributed by atoms with Gasteiger partial charge in [0.15, 0.2) is 0 Å². The van der Waals surface area contributed by atoms with Crippen molar-refractivity contribution in [3.8, 4) is 0 Å². The molecule has 4 N–H and O–H groups in total. The maximum Gasteiger partial charge on any atom is 0.252 e. The summed E-state index contributed by atoms with van der Waals surface area (Å²) in [6.07, 6.45) is 3.73. The zero-order valence-corrected chi connectivity index (χ0v) is 16.9. The zero-order valence-electron chi connectivity index (χ0n) is 16.1. The summed E-state index contributed by atoms with van der Waals surface area (Å²) in [7, 11) is 0. The SMILES string of the molecule is Cc1ccc(NC(=O)CSc2ccccc2C(=O)NC2CCC(N)CC2)cc1. The topological polar surface area (TPSA) is 84.2 Å². The summed E-state index contributed by atoms with van der Waals surface area (Å²) in [5, 5.41) is 6.01. The summed E-state index contributed by atoms with van der Waals surface area (Å²) in [6, 6.07) is 15.5. The van der Waals surface area contributed by atoms with Gasteiger partial charge in [0, 0.05) is 22.7 Å². The molecule has 6 heteroatoms. The Hall–Kier alpha value is -2.31. The first-order valence-corrected chi connectivity index (χ1v) is 10.6. The molecule has 0 bridgehead atoms. The van der Waals surface area contributed by atoms with Gasteiger partial charge in [0.2, 0.25) is 5.91 Å². The molecule has 5 nitrogen and oxygen atoms in total. The third-order valence-corrected chi connectivity index (χ3v) is 6.01. The van der Waals surface area contributed by atoms with Crippen molar-refractivity contribution in [2.75, 3.05) is 11.1 Å². The van der Waals surface area contributed by atoms with Gasteiger partial charge >= 0.3 is 0 Å². The van der Waals surface area contributed by atoms with E-state index in [1.54, 1.807) is 0 Å². The van der Waals surface area contributed by atoms with Gasteiger partial charge in [0.1, 0.15) is 0 Å². The third-order valence-electron chi connectivity index (χ3n) is 4.93. The maximum absolute atomic E-state index is 12.7. The molecule has 0 aromatic heterocycles. The number of rotatable bonds is 6. The third kappa shape index (κ3) is 5.84. The summed E-state index contributed by atoms with van der Waals surface area (Å²) in [5.41, 5.74) is 8.48. The molecule has 0 heterocycles. The minimum atomic E-state index is -0.0923. The molecule has 3 rings (SSSR count). The minimum absolute atomic E-state index is 0.0810. The summed E-state index contributed by atoms with van der Waals surface area (Å²) in [5.74, 6) is 0.0732. The van der Waals surface area contributed by atoms with E-state index in [0.717, 1.165) is 41.8 Å². The molecule has 1 fully saturated rings. The second-order valence-corrected chi connectivity index (χ2v) is 8.30. The first-order chi connectivity index (χ1) is 13.5. The molecule has 1 saturated carbocycles. The number of carbonyl (C=O) groups excluding carboxylic acids is 2. The van der Waals surface area contributed by atoms with E-state index < -0.39 is 0 Å². The van der Waals surface area contributed by atoms with Gasteiger partial charge in [-0.05, 0) is 56.9 Å². The predicted molar refractivity (Wildman–Crippen MR) is 115 cm³/mol. The highest BCUT2D eigenvalue weighted by Gasteiger charge is 2.21.